The monoisotopic (exact) mass is 632 g/mol. The first kappa shape index (κ1) is 29.0. The summed E-state index contributed by atoms with van der Waals surface area (Å²) in [4.78, 5) is 29.2. The van der Waals surface area contributed by atoms with Crippen molar-refractivity contribution in [2.24, 2.45) is 0 Å². The van der Waals surface area contributed by atoms with Crippen LogP contribution in [0.3, 0.4) is 0 Å². The third-order valence-corrected chi connectivity index (χ3v) is 9.00. The molecule has 4 rings (SSSR count). The highest BCUT2D eigenvalue weighted by Gasteiger charge is 2.32. The highest BCUT2D eigenvalue weighted by Crippen LogP contribution is 2.28. The maximum Gasteiger partial charge on any atom is 0.243 e. The molecule has 1 atom stereocenters. The standard InChI is InChI=1S/C30H31BrCl2N2O2S/c31-23-15-13-22(14-16-23)19-38-20-29(36)35(18-25-26(32)11-6-12-27(25)33)28(17-21-7-2-1-3-8-21)30(37)34-24-9-4-5-10-24/h1-3,6-8,11-16,24,28H,4-5,9-10,17-20H2,(H,34,37)/t28-/m1/s1. The third kappa shape index (κ3) is 8.25. The van der Waals surface area contributed by atoms with Gasteiger partial charge in [0.05, 0.1) is 5.75 Å². The SMILES string of the molecule is O=C(NC1CCCC1)[C@@H](Cc1ccccc1)N(Cc1c(Cl)cccc1Cl)C(=O)CSCc1ccc(Br)cc1. The average Bonchev–Trinajstić information content (AvgIpc) is 3.42. The van der Waals surface area contributed by atoms with E-state index in [1.165, 1.54) is 11.8 Å². The van der Waals surface area contributed by atoms with Crippen LogP contribution in [0.5, 0.6) is 0 Å². The van der Waals surface area contributed by atoms with Crippen LogP contribution in [0.25, 0.3) is 0 Å². The molecule has 0 aliphatic heterocycles. The van der Waals surface area contributed by atoms with E-state index in [1.54, 1.807) is 23.1 Å². The number of carbonyl (C=O) groups excluding carboxylic acids is 2. The maximum absolute atomic E-state index is 13.8. The number of benzene rings is 3. The van der Waals surface area contributed by atoms with Crippen molar-refractivity contribution in [3.8, 4) is 0 Å². The second kappa shape index (κ2) is 14.4. The molecule has 0 unspecified atom stereocenters. The number of hydrogen-bond donors (Lipinski definition) is 1. The van der Waals surface area contributed by atoms with Crippen LogP contribution in [0.4, 0.5) is 0 Å². The van der Waals surface area contributed by atoms with Crippen molar-refractivity contribution >= 4 is 62.7 Å². The molecular formula is C30H31BrCl2N2O2S. The number of nitrogens with zero attached hydrogens (tertiary/aromatic N) is 1. The average molecular weight is 634 g/mol. The largest absolute Gasteiger partial charge is 0.352 e. The predicted molar refractivity (Wildman–Crippen MR) is 162 cm³/mol. The van der Waals surface area contributed by atoms with Crippen LogP contribution < -0.4 is 5.32 Å². The number of carbonyl (C=O) groups is 2. The number of halogens is 3. The second-order valence-corrected chi connectivity index (χ2v) is 12.3. The number of rotatable bonds is 11. The van der Waals surface area contributed by atoms with Crippen molar-refractivity contribution in [1.29, 1.82) is 0 Å². The molecule has 1 aliphatic rings. The first-order valence-electron chi connectivity index (χ1n) is 12.8. The summed E-state index contributed by atoms with van der Waals surface area (Å²) in [7, 11) is 0. The molecule has 4 nitrogen and oxygen atoms in total. The van der Waals surface area contributed by atoms with Crippen molar-refractivity contribution in [1.82, 2.24) is 10.2 Å². The van der Waals surface area contributed by atoms with E-state index in [-0.39, 0.29) is 30.2 Å². The fraction of sp³-hybridized carbons (Fsp3) is 0.333. The minimum atomic E-state index is -0.689. The molecule has 0 bridgehead atoms. The van der Waals surface area contributed by atoms with Gasteiger partial charge in [0.25, 0.3) is 0 Å². The summed E-state index contributed by atoms with van der Waals surface area (Å²) >= 11 is 18.0. The van der Waals surface area contributed by atoms with E-state index in [0.29, 0.717) is 27.8 Å². The lowest BCUT2D eigenvalue weighted by Gasteiger charge is -2.33. The van der Waals surface area contributed by atoms with Crippen LogP contribution in [-0.2, 0) is 28.3 Å². The number of nitrogens with one attached hydrogen (secondary N) is 1. The Morgan fingerprint density at radius 3 is 2.24 bits per heavy atom. The highest BCUT2D eigenvalue weighted by molar-refractivity contribution is 9.10. The molecule has 0 radical (unpaired) electrons. The molecule has 0 aromatic heterocycles. The lowest BCUT2D eigenvalue weighted by Crippen LogP contribution is -2.52. The van der Waals surface area contributed by atoms with Crippen molar-refractivity contribution in [3.63, 3.8) is 0 Å². The van der Waals surface area contributed by atoms with Crippen LogP contribution in [0, 0.1) is 0 Å². The fourth-order valence-corrected chi connectivity index (χ4v) is 6.35. The van der Waals surface area contributed by atoms with Gasteiger partial charge in [0, 0.05) is 44.8 Å². The summed E-state index contributed by atoms with van der Waals surface area (Å²) in [5, 5.41) is 4.19. The summed E-state index contributed by atoms with van der Waals surface area (Å²) < 4.78 is 1.02. The van der Waals surface area contributed by atoms with Crippen LogP contribution >= 0.6 is 50.9 Å². The van der Waals surface area contributed by atoms with Gasteiger partial charge in [-0.2, -0.15) is 0 Å². The topological polar surface area (TPSA) is 49.4 Å². The molecule has 1 saturated carbocycles. The van der Waals surface area contributed by atoms with Gasteiger partial charge in [0.2, 0.25) is 11.8 Å². The van der Waals surface area contributed by atoms with Gasteiger partial charge in [-0.1, -0.05) is 101 Å². The van der Waals surface area contributed by atoms with Gasteiger partial charge in [-0.25, -0.2) is 0 Å². The first-order valence-corrected chi connectivity index (χ1v) is 15.5. The van der Waals surface area contributed by atoms with E-state index in [4.69, 9.17) is 23.2 Å². The van der Waals surface area contributed by atoms with Crippen LogP contribution in [0.2, 0.25) is 10.0 Å². The van der Waals surface area contributed by atoms with Crippen molar-refractivity contribution in [3.05, 3.63) is 104 Å². The molecule has 1 aliphatic carbocycles. The summed E-state index contributed by atoms with van der Waals surface area (Å²) in [5.74, 6) is 0.679. The molecule has 38 heavy (non-hydrogen) atoms. The van der Waals surface area contributed by atoms with Crippen molar-refractivity contribution < 1.29 is 9.59 Å². The number of thioether (sulfide) groups is 1. The summed E-state index contributed by atoms with van der Waals surface area (Å²) in [5.41, 5.74) is 2.77. The van der Waals surface area contributed by atoms with Gasteiger partial charge in [-0.3, -0.25) is 9.59 Å². The molecule has 200 valence electrons. The van der Waals surface area contributed by atoms with Gasteiger partial charge >= 0.3 is 0 Å². The summed E-state index contributed by atoms with van der Waals surface area (Å²) in [6.07, 6.45) is 4.57. The Bertz CT molecular complexity index is 1200. The Balaban J connectivity index is 1.59. The van der Waals surface area contributed by atoms with E-state index in [2.05, 4.69) is 21.2 Å². The van der Waals surface area contributed by atoms with Crippen molar-refractivity contribution in [2.75, 3.05) is 5.75 Å². The Labute approximate surface area is 247 Å². The zero-order chi connectivity index (χ0) is 26.9. The summed E-state index contributed by atoms with van der Waals surface area (Å²) in [6.45, 7) is 0.159. The smallest absolute Gasteiger partial charge is 0.243 e. The zero-order valence-electron chi connectivity index (χ0n) is 21.0. The lowest BCUT2D eigenvalue weighted by molar-refractivity contribution is -0.139. The van der Waals surface area contributed by atoms with Gasteiger partial charge in [-0.05, 0) is 48.2 Å². The Morgan fingerprint density at radius 2 is 1.58 bits per heavy atom. The molecule has 0 spiro atoms. The molecule has 0 heterocycles. The van der Waals surface area contributed by atoms with E-state index in [9.17, 15) is 9.59 Å². The molecular weight excluding hydrogens is 603 g/mol. The van der Waals surface area contributed by atoms with Gasteiger partial charge < -0.3 is 10.2 Å². The molecule has 1 fully saturated rings. The normalized spacial score (nSPS) is 14.3. The van der Waals surface area contributed by atoms with Crippen LogP contribution in [0.1, 0.15) is 42.4 Å². The Morgan fingerprint density at radius 1 is 0.921 bits per heavy atom. The lowest BCUT2D eigenvalue weighted by atomic mass is 10.0. The molecule has 3 aromatic carbocycles. The number of hydrogen-bond acceptors (Lipinski definition) is 3. The molecule has 8 heteroatoms. The summed E-state index contributed by atoms with van der Waals surface area (Å²) in [6, 6.07) is 22.7. The van der Waals surface area contributed by atoms with Gasteiger partial charge in [0.1, 0.15) is 6.04 Å². The van der Waals surface area contributed by atoms with E-state index in [0.717, 1.165) is 41.3 Å². The quantitative estimate of drug-likeness (QED) is 0.236. The van der Waals surface area contributed by atoms with E-state index < -0.39 is 6.04 Å². The minimum absolute atomic E-state index is 0.120. The third-order valence-electron chi connectivity index (χ3n) is 6.77. The van der Waals surface area contributed by atoms with Crippen LogP contribution in [0.15, 0.2) is 77.3 Å². The van der Waals surface area contributed by atoms with Gasteiger partial charge in [0.15, 0.2) is 0 Å². The molecule has 1 N–H and O–H groups in total. The predicted octanol–water partition coefficient (Wildman–Crippen LogP) is 7.69. The van der Waals surface area contributed by atoms with Crippen LogP contribution in [-0.4, -0.2) is 34.6 Å². The molecule has 2 amide bonds. The van der Waals surface area contributed by atoms with Crippen molar-refractivity contribution in [2.45, 2.75) is 56.5 Å². The number of amides is 2. The fourth-order valence-electron chi connectivity index (χ4n) is 4.69. The highest BCUT2D eigenvalue weighted by atomic mass is 79.9. The molecule has 3 aromatic rings. The second-order valence-electron chi connectivity index (χ2n) is 9.54. The van der Waals surface area contributed by atoms with E-state index in [1.807, 2.05) is 54.6 Å². The molecule has 0 saturated heterocycles. The van der Waals surface area contributed by atoms with E-state index >= 15 is 0 Å². The van der Waals surface area contributed by atoms with Gasteiger partial charge in [-0.15, -0.1) is 11.8 Å². The Kier molecular flexibility index (Phi) is 11.0. The zero-order valence-corrected chi connectivity index (χ0v) is 25.0. The Hall–Kier alpha value is -1.99. The maximum atomic E-state index is 13.8. The first-order chi connectivity index (χ1) is 18.4. The minimum Gasteiger partial charge on any atom is -0.352 e.